The van der Waals surface area contributed by atoms with E-state index in [0.29, 0.717) is 0 Å². The van der Waals surface area contributed by atoms with E-state index in [1.54, 1.807) is 0 Å². The average Bonchev–Trinajstić information content (AvgIpc) is 2.63. The van der Waals surface area contributed by atoms with Crippen molar-refractivity contribution in [2.75, 3.05) is 31.1 Å². The van der Waals surface area contributed by atoms with Crippen LogP contribution < -0.4 is 10.2 Å². The summed E-state index contributed by atoms with van der Waals surface area (Å²) in [6.07, 6.45) is 4.45. The summed E-state index contributed by atoms with van der Waals surface area (Å²) in [5.41, 5.74) is 2.68. The molecule has 3 heterocycles. The molecule has 0 amide bonds. The van der Waals surface area contributed by atoms with Gasteiger partial charge in [0.1, 0.15) is 5.82 Å². The SMILES string of the molecule is ClC1CCCN(c2ccc3c(n2)CCNCC3)C1. The van der Waals surface area contributed by atoms with Gasteiger partial charge in [-0.15, -0.1) is 11.6 Å². The fraction of sp³-hybridized carbons (Fsp3) is 0.643. The molecule has 1 saturated heterocycles. The van der Waals surface area contributed by atoms with Crippen LogP contribution in [-0.2, 0) is 12.8 Å². The van der Waals surface area contributed by atoms with Crippen molar-refractivity contribution in [1.82, 2.24) is 10.3 Å². The molecule has 0 aliphatic carbocycles. The molecule has 0 bridgehead atoms. The van der Waals surface area contributed by atoms with Gasteiger partial charge < -0.3 is 10.2 Å². The number of fused-ring (bicyclic) bond motifs is 1. The molecule has 0 spiro atoms. The van der Waals surface area contributed by atoms with E-state index in [2.05, 4.69) is 22.3 Å². The molecule has 0 radical (unpaired) electrons. The zero-order valence-electron chi connectivity index (χ0n) is 10.7. The van der Waals surface area contributed by atoms with Gasteiger partial charge in [0.05, 0.1) is 5.38 Å². The van der Waals surface area contributed by atoms with Crippen LogP contribution in [0.3, 0.4) is 0 Å². The van der Waals surface area contributed by atoms with E-state index in [4.69, 9.17) is 16.6 Å². The van der Waals surface area contributed by atoms with Crippen LogP contribution in [0.2, 0.25) is 0 Å². The van der Waals surface area contributed by atoms with Crippen LogP contribution >= 0.6 is 11.6 Å². The van der Waals surface area contributed by atoms with Crippen LogP contribution in [0, 0.1) is 0 Å². The Kier molecular flexibility index (Phi) is 3.71. The molecule has 1 unspecified atom stereocenters. The van der Waals surface area contributed by atoms with Gasteiger partial charge in [-0.25, -0.2) is 4.98 Å². The Hall–Kier alpha value is -0.800. The summed E-state index contributed by atoms with van der Waals surface area (Å²) < 4.78 is 0. The maximum absolute atomic E-state index is 6.25. The van der Waals surface area contributed by atoms with E-state index >= 15 is 0 Å². The predicted molar refractivity (Wildman–Crippen MR) is 75.6 cm³/mol. The van der Waals surface area contributed by atoms with Gasteiger partial charge in [0.25, 0.3) is 0 Å². The summed E-state index contributed by atoms with van der Waals surface area (Å²) in [6.45, 7) is 4.14. The van der Waals surface area contributed by atoms with E-state index in [-0.39, 0.29) is 5.38 Å². The Bertz CT molecular complexity index is 422. The lowest BCUT2D eigenvalue weighted by atomic mass is 10.1. The van der Waals surface area contributed by atoms with Crippen molar-refractivity contribution in [3.63, 3.8) is 0 Å². The normalized spacial score (nSPS) is 24.5. The van der Waals surface area contributed by atoms with Crippen molar-refractivity contribution in [2.24, 2.45) is 0 Å². The highest BCUT2D eigenvalue weighted by Crippen LogP contribution is 2.23. The zero-order valence-corrected chi connectivity index (χ0v) is 11.4. The number of aromatic nitrogens is 1. The summed E-state index contributed by atoms with van der Waals surface area (Å²) in [5, 5.41) is 3.70. The molecule has 1 aromatic heterocycles. The summed E-state index contributed by atoms with van der Waals surface area (Å²) >= 11 is 6.25. The van der Waals surface area contributed by atoms with Gasteiger partial charge in [0.15, 0.2) is 0 Å². The first kappa shape index (κ1) is 12.2. The second-order valence-corrected chi connectivity index (χ2v) is 5.83. The van der Waals surface area contributed by atoms with Gasteiger partial charge in [-0.05, 0) is 37.4 Å². The van der Waals surface area contributed by atoms with Gasteiger partial charge in [-0.3, -0.25) is 0 Å². The van der Waals surface area contributed by atoms with Crippen LogP contribution in [0.5, 0.6) is 0 Å². The lowest BCUT2D eigenvalue weighted by molar-refractivity contribution is 0.579. The molecule has 1 aromatic rings. The van der Waals surface area contributed by atoms with Crippen molar-refractivity contribution in [2.45, 2.75) is 31.1 Å². The number of nitrogens with zero attached hydrogens (tertiary/aromatic N) is 2. The number of piperidine rings is 1. The highest BCUT2D eigenvalue weighted by molar-refractivity contribution is 6.21. The number of rotatable bonds is 1. The monoisotopic (exact) mass is 265 g/mol. The van der Waals surface area contributed by atoms with Gasteiger partial charge in [0.2, 0.25) is 0 Å². The Morgan fingerprint density at radius 2 is 2.17 bits per heavy atom. The number of pyridine rings is 1. The third-order valence-corrected chi connectivity index (χ3v) is 4.21. The summed E-state index contributed by atoms with van der Waals surface area (Å²) in [5.74, 6) is 1.11. The minimum atomic E-state index is 0.279. The van der Waals surface area contributed by atoms with E-state index in [1.807, 2.05) is 0 Å². The van der Waals surface area contributed by atoms with E-state index in [0.717, 1.165) is 51.3 Å². The predicted octanol–water partition coefficient (Wildman–Crippen LogP) is 1.98. The lowest BCUT2D eigenvalue weighted by Gasteiger charge is -2.31. The molecule has 3 rings (SSSR count). The molecule has 2 aliphatic heterocycles. The minimum Gasteiger partial charge on any atom is -0.355 e. The largest absolute Gasteiger partial charge is 0.355 e. The molecule has 4 heteroatoms. The molecule has 98 valence electrons. The molecule has 0 saturated carbocycles. The first-order valence-corrected chi connectivity index (χ1v) is 7.35. The van der Waals surface area contributed by atoms with Gasteiger partial charge in [-0.2, -0.15) is 0 Å². The molecular formula is C14H20ClN3. The fourth-order valence-corrected chi connectivity index (χ4v) is 3.15. The van der Waals surface area contributed by atoms with Crippen LogP contribution in [0.25, 0.3) is 0 Å². The van der Waals surface area contributed by atoms with Crippen LogP contribution in [0.1, 0.15) is 24.1 Å². The highest BCUT2D eigenvalue weighted by Gasteiger charge is 2.20. The second kappa shape index (κ2) is 5.45. The quantitative estimate of drug-likeness (QED) is 0.787. The number of halogens is 1. The first-order valence-electron chi connectivity index (χ1n) is 6.91. The summed E-state index contributed by atoms with van der Waals surface area (Å²) in [6, 6.07) is 4.42. The van der Waals surface area contributed by atoms with E-state index in [9.17, 15) is 0 Å². The van der Waals surface area contributed by atoms with Gasteiger partial charge in [0, 0.05) is 31.7 Å². The first-order chi connectivity index (χ1) is 8.83. The molecule has 1 atom stereocenters. The van der Waals surface area contributed by atoms with Crippen LogP contribution in [0.4, 0.5) is 5.82 Å². The molecule has 2 aliphatic rings. The Morgan fingerprint density at radius 3 is 3.06 bits per heavy atom. The standard InChI is InChI=1S/C14H20ClN3/c15-12-2-1-9-18(10-12)14-4-3-11-5-7-16-8-6-13(11)17-14/h3-4,12,16H,1-2,5-10H2. The Labute approximate surface area is 114 Å². The maximum Gasteiger partial charge on any atom is 0.128 e. The lowest BCUT2D eigenvalue weighted by Crippen LogP contribution is -2.36. The van der Waals surface area contributed by atoms with Crippen LogP contribution in [0.15, 0.2) is 12.1 Å². The van der Waals surface area contributed by atoms with Gasteiger partial charge >= 0.3 is 0 Å². The van der Waals surface area contributed by atoms with Crippen molar-refractivity contribution in [1.29, 1.82) is 0 Å². The molecular weight excluding hydrogens is 246 g/mol. The smallest absolute Gasteiger partial charge is 0.128 e. The van der Waals surface area contributed by atoms with Crippen molar-refractivity contribution in [3.8, 4) is 0 Å². The average molecular weight is 266 g/mol. The third kappa shape index (κ3) is 2.62. The Morgan fingerprint density at radius 1 is 1.28 bits per heavy atom. The number of anilines is 1. The maximum atomic E-state index is 6.25. The number of hydrogen-bond donors (Lipinski definition) is 1. The van der Waals surface area contributed by atoms with Crippen molar-refractivity contribution < 1.29 is 0 Å². The fourth-order valence-electron chi connectivity index (χ4n) is 2.83. The summed E-state index contributed by atoms with van der Waals surface area (Å²) in [4.78, 5) is 7.19. The molecule has 3 nitrogen and oxygen atoms in total. The van der Waals surface area contributed by atoms with Crippen molar-refractivity contribution >= 4 is 17.4 Å². The Balaban J connectivity index is 1.82. The molecule has 18 heavy (non-hydrogen) atoms. The zero-order chi connectivity index (χ0) is 12.4. The van der Waals surface area contributed by atoms with Gasteiger partial charge in [-0.1, -0.05) is 6.07 Å². The number of alkyl halides is 1. The molecule has 1 N–H and O–H groups in total. The van der Waals surface area contributed by atoms with E-state index in [1.165, 1.54) is 17.7 Å². The van der Waals surface area contributed by atoms with Crippen molar-refractivity contribution in [3.05, 3.63) is 23.4 Å². The number of hydrogen-bond acceptors (Lipinski definition) is 3. The van der Waals surface area contributed by atoms with Crippen LogP contribution in [-0.4, -0.2) is 36.5 Å². The third-order valence-electron chi connectivity index (χ3n) is 3.85. The second-order valence-electron chi connectivity index (χ2n) is 5.21. The highest BCUT2D eigenvalue weighted by atomic mass is 35.5. The topological polar surface area (TPSA) is 28.2 Å². The van der Waals surface area contributed by atoms with E-state index < -0.39 is 0 Å². The summed E-state index contributed by atoms with van der Waals surface area (Å²) in [7, 11) is 0. The molecule has 0 aromatic carbocycles. The number of nitrogens with one attached hydrogen (secondary N) is 1. The molecule has 1 fully saturated rings. The minimum absolute atomic E-state index is 0.279.